The molecular weight excluding hydrogens is 288 g/mol. The van der Waals surface area contributed by atoms with E-state index < -0.39 is 0 Å². The van der Waals surface area contributed by atoms with E-state index in [9.17, 15) is 4.79 Å². The van der Waals surface area contributed by atoms with Gasteiger partial charge in [-0.25, -0.2) is 4.79 Å². The average Bonchev–Trinajstić information content (AvgIpc) is 2.53. The largest absolute Gasteiger partial charge is 0.449 e. The highest BCUT2D eigenvalue weighted by molar-refractivity contribution is 5.68. The van der Waals surface area contributed by atoms with Crippen LogP contribution in [0.3, 0.4) is 0 Å². The molecule has 4 heteroatoms. The zero-order valence-electron chi connectivity index (χ0n) is 14.2. The van der Waals surface area contributed by atoms with Crippen molar-refractivity contribution in [3.8, 4) is 0 Å². The van der Waals surface area contributed by atoms with Crippen molar-refractivity contribution in [3.63, 3.8) is 0 Å². The van der Waals surface area contributed by atoms with Crippen LogP contribution in [0, 0.1) is 23.2 Å². The monoisotopic (exact) mass is 318 g/mol. The van der Waals surface area contributed by atoms with E-state index in [0.29, 0.717) is 6.61 Å². The molecule has 1 N–H and O–H groups in total. The predicted octanol–water partition coefficient (Wildman–Crippen LogP) is 3.17. The van der Waals surface area contributed by atoms with Gasteiger partial charge in [0.15, 0.2) is 0 Å². The third-order valence-electron chi connectivity index (χ3n) is 7.79. The lowest BCUT2D eigenvalue weighted by atomic mass is 9.53. The van der Waals surface area contributed by atoms with Crippen molar-refractivity contribution < 1.29 is 9.53 Å². The Morgan fingerprint density at radius 1 is 0.957 bits per heavy atom. The van der Waals surface area contributed by atoms with Gasteiger partial charge in [-0.3, -0.25) is 0 Å². The highest BCUT2D eigenvalue weighted by Crippen LogP contribution is 2.55. The molecule has 23 heavy (non-hydrogen) atoms. The van der Waals surface area contributed by atoms with Crippen LogP contribution in [0.15, 0.2) is 0 Å². The van der Waals surface area contributed by atoms with Crippen LogP contribution >= 0.6 is 0 Å². The van der Waals surface area contributed by atoms with Crippen LogP contribution in [0.4, 0.5) is 4.79 Å². The highest BCUT2D eigenvalue weighted by atomic mass is 16.5. The molecule has 4 aliphatic carbocycles. The molecule has 0 spiro atoms. The molecule has 4 nitrogen and oxygen atoms in total. The van der Waals surface area contributed by atoms with Gasteiger partial charge in [0.05, 0.1) is 6.61 Å². The smallest absolute Gasteiger partial charge is 0.407 e. The molecule has 7 fully saturated rings. The number of hydrogen-bond donors (Lipinski definition) is 1. The summed E-state index contributed by atoms with van der Waals surface area (Å²) in [7, 11) is 0. The summed E-state index contributed by atoms with van der Waals surface area (Å²) in [6, 6.07) is 0. The van der Waals surface area contributed by atoms with E-state index >= 15 is 0 Å². The predicted molar refractivity (Wildman–Crippen MR) is 88.1 cm³/mol. The fourth-order valence-electron chi connectivity index (χ4n) is 6.85. The summed E-state index contributed by atoms with van der Waals surface area (Å²) in [6.45, 7) is 4.22. The standard InChI is InChI=1S/C19H30N2O2/c22-17(23-13-18-1-4-21(5-2-18)6-3-18)20-19-10-14-7-15(11-19)9-16(8-14)12-19/h14-16H,1-13H2,(H,20,22). The van der Waals surface area contributed by atoms with Gasteiger partial charge in [0.25, 0.3) is 0 Å². The molecule has 0 unspecified atom stereocenters. The van der Waals surface area contributed by atoms with E-state index in [1.807, 2.05) is 0 Å². The van der Waals surface area contributed by atoms with E-state index in [0.717, 1.165) is 17.8 Å². The summed E-state index contributed by atoms with van der Waals surface area (Å²) >= 11 is 0. The molecule has 1 amide bonds. The molecule has 7 rings (SSSR count). The zero-order valence-corrected chi connectivity index (χ0v) is 14.2. The Bertz CT molecular complexity index is 447. The van der Waals surface area contributed by atoms with Crippen molar-refractivity contribution in [1.29, 1.82) is 0 Å². The van der Waals surface area contributed by atoms with Gasteiger partial charge in [0, 0.05) is 11.0 Å². The summed E-state index contributed by atoms with van der Waals surface area (Å²) in [4.78, 5) is 15.0. The number of carbonyl (C=O) groups is 1. The van der Waals surface area contributed by atoms with Crippen LogP contribution in [0.25, 0.3) is 0 Å². The number of nitrogens with one attached hydrogen (secondary N) is 1. The number of ether oxygens (including phenoxy) is 1. The van der Waals surface area contributed by atoms with Gasteiger partial charge in [-0.1, -0.05) is 0 Å². The van der Waals surface area contributed by atoms with Crippen LogP contribution in [0.1, 0.15) is 57.8 Å². The maximum absolute atomic E-state index is 12.5. The molecule has 0 atom stereocenters. The maximum Gasteiger partial charge on any atom is 0.407 e. The number of carbonyl (C=O) groups excluding carboxylic acids is 1. The molecular formula is C19H30N2O2. The number of fused-ring (bicyclic) bond motifs is 3. The van der Waals surface area contributed by atoms with Crippen molar-refractivity contribution >= 4 is 6.09 Å². The van der Waals surface area contributed by atoms with E-state index in [-0.39, 0.29) is 17.0 Å². The van der Waals surface area contributed by atoms with Gasteiger partial charge in [-0.2, -0.15) is 0 Å². The van der Waals surface area contributed by atoms with E-state index in [4.69, 9.17) is 4.74 Å². The molecule has 0 aromatic rings. The quantitative estimate of drug-likeness (QED) is 0.869. The number of alkyl carbamates (subject to hydrolysis) is 1. The lowest BCUT2D eigenvalue weighted by Gasteiger charge is -2.56. The van der Waals surface area contributed by atoms with Crippen LogP contribution < -0.4 is 5.32 Å². The molecule has 3 saturated heterocycles. The minimum absolute atomic E-state index is 0.0828. The fourth-order valence-corrected chi connectivity index (χ4v) is 6.85. The minimum atomic E-state index is -0.130. The second-order valence-corrected chi connectivity index (χ2v) is 9.49. The Kier molecular flexibility index (Phi) is 3.24. The summed E-state index contributed by atoms with van der Waals surface area (Å²) in [5, 5.41) is 3.35. The van der Waals surface area contributed by atoms with Crippen molar-refractivity contribution in [2.45, 2.75) is 63.3 Å². The second-order valence-electron chi connectivity index (χ2n) is 9.49. The van der Waals surface area contributed by atoms with Crippen LogP contribution in [-0.4, -0.2) is 42.8 Å². The Labute approximate surface area is 139 Å². The van der Waals surface area contributed by atoms with E-state index in [1.54, 1.807) is 0 Å². The average molecular weight is 318 g/mol. The Morgan fingerprint density at radius 3 is 2.00 bits per heavy atom. The summed E-state index contributed by atoms with van der Waals surface area (Å²) in [5.41, 5.74) is 0.368. The fraction of sp³-hybridized carbons (Fsp3) is 0.947. The number of nitrogens with zero attached hydrogens (tertiary/aromatic N) is 1. The minimum Gasteiger partial charge on any atom is -0.449 e. The first kappa shape index (κ1) is 14.6. The Hall–Kier alpha value is -0.770. The van der Waals surface area contributed by atoms with Crippen molar-refractivity contribution in [1.82, 2.24) is 10.2 Å². The number of hydrogen-bond acceptors (Lipinski definition) is 3. The van der Waals surface area contributed by atoms with Crippen molar-refractivity contribution in [3.05, 3.63) is 0 Å². The van der Waals surface area contributed by atoms with Crippen molar-refractivity contribution in [2.75, 3.05) is 26.2 Å². The first-order valence-electron chi connectivity index (χ1n) is 9.79. The summed E-state index contributed by atoms with van der Waals surface area (Å²) < 4.78 is 5.77. The van der Waals surface area contributed by atoms with Crippen LogP contribution in [-0.2, 0) is 4.74 Å². The molecule has 0 aromatic carbocycles. The number of rotatable bonds is 3. The zero-order chi connectivity index (χ0) is 15.5. The van der Waals surface area contributed by atoms with Gasteiger partial charge in [0.1, 0.15) is 0 Å². The van der Waals surface area contributed by atoms with Crippen LogP contribution in [0.5, 0.6) is 0 Å². The summed E-state index contributed by atoms with van der Waals surface area (Å²) in [6.07, 6.45) is 11.3. The van der Waals surface area contributed by atoms with E-state index in [1.165, 1.54) is 77.4 Å². The SMILES string of the molecule is O=C(NC12CC3CC(CC(C3)C1)C2)OCC12CCN(CC1)CC2. The third-order valence-corrected chi connectivity index (χ3v) is 7.79. The molecule has 6 bridgehead atoms. The molecule has 7 aliphatic rings. The van der Waals surface area contributed by atoms with Gasteiger partial charge in [0.2, 0.25) is 0 Å². The molecule has 128 valence electrons. The van der Waals surface area contributed by atoms with E-state index in [2.05, 4.69) is 10.2 Å². The lowest BCUT2D eigenvalue weighted by molar-refractivity contribution is -0.0372. The highest BCUT2D eigenvalue weighted by Gasteiger charge is 2.52. The topological polar surface area (TPSA) is 41.6 Å². The lowest BCUT2D eigenvalue weighted by Crippen LogP contribution is -2.60. The first-order chi connectivity index (χ1) is 11.1. The van der Waals surface area contributed by atoms with Gasteiger partial charge < -0.3 is 15.0 Å². The normalized spacial score (nSPS) is 50.1. The summed E-state index contributed by atoms with van der Waals surface area (Å²) in [5.74, 6) is 2.59. The molecule has 0 aromatic heterocycles. The maximum atomic E-state index is 12.5. The van der Waals surface area contributed by atoms with Gasteiger partial charge in [-0.15, -0.1) is 0 Å². The molecule has 3 heterocycles. The van der Waals surface area contributed by atoms with Gasteiger partial charge in [-0.05, 0) is 95.2 Å². The van der Waals surface area contributed by atoms with Gasteiger partial charge >= 0.3 is 6.09 Å². The first-order valence-corrected chi connectivity index (χ1v) is 9.79. The third kappa shape index (κ3) is 2.57. The Morgan fingerprint density at radius 2 is 1.48 bits per heavy atom. The second kappa shape index (κ2) is 5.11. The Balaban J connectivity index is 1.19. The van der Waals surface area contributed by atoms with Crippen molar-refractivity contribution in [2.24, 2.45) is 23.2 Å². The molecule has 3 aliphatic heterocycles. The number of piperidine rings is 3. The molecule has 4 saturated carbocycles. The molecule has 0 radical (unpaired) electrons. The number of amides is 1. The van der Waals surface area contributed by atoms with Crippen LogP contribution in [0.2, 0.25) is 0 Å².